The van der Waals surface area contributed by atoms with E-state index in [0.717, 1.165) is 36.8 Å². The van der Waals surface area contributed by atoms with E-state index in [4.69, 9.17) is 5.73 Å². The molecule has 100 valence electrons. The fraction of sp³-hybridized carbons (Fsp3) is 0.538. The minimum atomic E-state index is -3.22. The topological polar surface area (TPSA) is 72.2 Å². The van der Waals surface area contributed by atoms with Crippen molar-refractivity contribution in [3.05, 3.63) is 35.4 Å². The van der Waals surface area contributed by atoms with Crippen LogP contribution in [0.15, 0.2) is 24.3 Å². The van der Waals surface area contributed by atoms with E-state index in [1.807, 2.05) is 24.3 Å². The van der Waals surface area contributed by atoms with Gasteiger partial charge in [0.2, 0.25) is 10.0 Å². The Morgan fingerprint density at radius 3 is 2.22 bits per heavy atom. The van der Waals surface area contributed by atoms with E-state index in [1.165, 1.54) is 0 Å². The molecule has 4 nitrogen and oxygen atoms in total. The summed E-state index contributed by atoms with van der Waals surface area (Å²) < 4.78 is 26.7. The maximum absolute atomic E-state index is 12.0. The zero-order valence-corrected chi connectivity index (χ0v) is 11.2. The lowest BCUT2D eigenvalue weighted by Crippen LogP contribution is -2.33. The average molecular weight is 268 g/mol. The van der Waals surface area contributed by atoms with Crippen molar-refractivity contribution in [1.82, 2.24) is 4.72 Å². The van der Waals surface area contributed by atoms with E-state index >= 15 is 0 Å². The molecule has 1 aliphatic rings. The zero-order chi connectivity index (χ0) is 13.0. The van der Waals surface area contributed by atoms with Gasteiger partial charge in [-0.1, -0.05) is 37.1 Å². The van der Waals surface area contributed by atoms with Gasteiger partial charge in [0, 0.05) is 12.6 Å². The van der Waals surface area contributed by atoms with Gasteiger partial charge < -0.3 is 5.73 Å². The summed E-state index contributed by atoms with van der Waals surface area (Å²) in [7, 11) is -3.22. The highest BCUT2D eigenvalue weighted by Gasteiger charge is 2.21. The molecule has 0 aliphatic heterocycles. The maximum atomic E-state index is 12.0. The minimum Gasteiger partial charge on any atom is -0.326 e. The zero-order valence-electron chi connectivity index (χ0n) is 10.4. The summed E-state index contributed by atoms with van der Waals surface area (Å²) in [4.78, 5) is 0. The highest BCUT2D eigenvalue weighted by atomic mass is 32.2. The molecule has 0 unspecified atom stereocenters. The summed E-state index contributed by atoms with van der Waals surface area (Å²) in [6.45, 7) is 0.480. The first-order valence-corrected chi connectivity index (χ1v) is 8.02. The average Bonchev–Trinajstić information content (AvgIpc) is 2.81. The molecule has 1 aromatic carbocycles. The molecule has 1 aromatic rings. The standard InChI is InChI=1S/C13H20N2O2S/c14-9-11-5-7-12(8-6-11)10-18(16,17)15-13-3-1-2-4-13/h5-8,13,15H,1-4,9-10,14H2. The largest absolute Gasteiger partial charge is 0.326 e. The summed E-state index contributed by atoms with van der Waals surface area (Å²) in [5, 5.41) is 0. The van der Waals surface area contributed by atoms with Crippen molar-refractivity contribution in [3.63, 3.8) is 0 Å². The lowest BCUT2D eigenvalue weighted by Gasteiger charge is -2.12. The summed E-state index contributed by atoms with van der Waals surface area (Å²) in [6, 6.07) is 7.55. The Labute approximate surface area is 109 Å². The summed E-state index contributed by atoms with van der Waals surface area (Å²) in [5.74, 6) is 0.0500. The van der Waals surface area contributed by atoms with Crippen molar-refractivity contribution in [3.8, 4) is 0 Å². The van der Waals surface area contributed by atoms with Crippen molar-refractivity contribution in [2.45, 2.75) is 44.0 Å². The molecular formula is C13H20N2O2S. The molecule has 1 saturated carbocycles. The Hall–Kier alpha value is -0.910. The maximum Gasteiger partial charge on any atom is 0.216 e. The number of rotatable bonds is 5. The van der Waals surface area contributed by atoms with Crippen LogP contribution in [-0.4, -0.2) is 14.5 Å². The van der Waals surface area contributed by atoms with Gasteiger partial charge in [-0.05, 0) is 24.0 Å². The van der Waals surface area contributed by atoms with Crippen LogP contribution in [0.5, 0.6) is 0 Å². The van der Waals surface area contributed by atoms with Gasteiger partial charge in [-0.3, -0.25) is 0 Å². The van der Waals surface area contributed by atoms with Crippen LogP contribution in [0.2, 0.25) is 0 Å². The van der Waals surface area contributed by atoms with Crippen LogP contribution in [-0.2, 0) is 22.3 Å². The van der Waals surface area contributed by atoms with E-state index in [1.54, 1.807) is 0 Å². The lowest BCUT2D eigenvalue weighted by molar-refractivity contribution is 0.551. The Bertz CT molecular complexity index is 476. The van der Waals surface area contributed by atoms with Gasteiger partial charge >= 0.3 is 0 Å². The van der Waals surface area contributed by atoms with Gasteiger partial charge in [0.1, 0.15) is 0 Å². The highest BCUT2D eigenvalue weighted by molar-refractivity contribution is 7.88. The van der Waals surface area contributed by atoms with Crippen molar-refractivity contribution in [1.29, 1.82) is 0 Å². The van der Waals surface area contributed by atoms with Crippen LogP contribution in [0.3, 0.4) is 0 Å². The second-order valence-corrected chi connectivity index (χ2v) is 6.63. The predicted octanol–water partition coefficient (Wildman–Crippen LogP) is 1.51. The molecular weight excluding hydrogens is 248 g/mol. The van der Waals surface area contributed by atoms with Gasteiger partial charge in [-0.25, -0.2) is 13.1 Å². The molecule has 0 bridgehead atoms. The van der Waals surface area contributed by atoms with Gasteiger partial charge in [-0.15, -0.1) is 0 Å². The first kappa shape index (κ1) is 13.5. The molecule has 0 spiro atoms. The number of sulfonamides is 1. The molecule has 18 heavy (non-hydrogen) atoms. The Morgan fingerprint density at radius 1 is 1.11 bits per heavy atom. The molecule has 2 rings (SSSR count). The number of nitrogens with two attached hydrogens (primary N) is 1. The molecule has 0 atom stereocenters. The van der Waals surface area contributed by atoms with E-state index in [-0.39, 0.29) is 11.8 Å². The fourth-order valence-corrected chi connectivity index (χ4v) is 3.79. The summed E-state index contributed by atoms with van der Waals surface area (Å²) in [5.41, 5.74) is 7.32. The number of benzene rings is 1. The smallest absolute Gasteiger partial charge is 0.216 e. The van der Waals surface area contributed by atoms with Crippen molar-refractivity contribution in [2.24, 2.45) is 5.73 Å². The number of nitrogens with one attached hydrogen (secondary N) is 1. The first-order valence-electron chi connectivity index (χ1n) is 6.37. The van der Waals surface area contributed by atoms with Gasteiger partial charge in [0.25, 0.3) is 0 Å². The van der Waals surface area contributed by atoms with E-state index < -0.39 is 10.0 Å². The van der Waals surface area contributed by atoms with Gasteiger partial charge in [-0.2, -0.15) is 0 Å². The van der Waals surface area contributed by atoms with Crippen LogP contribution >= 0.6 is 0 Å². The minimum absolute atomic E-state index is 0.0500. The molecule has 1 aliphatic carbocycles. The van der Waals surface area contributed by atoms with Crippen LogP contribution in [0, 0.1) is 0 Å². The Morgan fingerprint density at radius 2 is 1.67 bits per heavy atom. The van der Waals surface area contributed by atoms with Crippen molar-refractivity contribution < 1.29 is 8.42 Å². The summed E-state index contributed by atoms with van der Waals surface area (Å²) in [6.07, 6.45) is 4.17. The molecule has 5 heteroatoms. The normalized spacial score (nSPS) is 17.2. The first-order chi connectivity index (χ1) is 8.59. The lowest BCUT2D eigenvalue weighted by atomic mass is 10.1. The van der Waals surface area contributed by atoms with Crippen molar-refractivity contribution >= 4 is 10.0 Å². The third-order valence-corrected chi connectivity index (χ3v) is 4.72. The molecule has 0 heterocycles. The third-order valence-electron chi connectivity index (χ3n) is 3.32. The second-order valence-electron chi connectivity index (χ2n) is 4.88. The Balaban J connectivity index is 1.97. The van der Waals surface area contributed by atoms with Crippen molar-refractivity contribution in [2.75, 3.05) is 0 Å². The molecule has 0 radical (unpaired) electrons. The predicted molar refractivity (Wildman–Crippen MR) is 72.3 cm³/mol. The van der Waals surface area contributed by atoms with Gasteiger partial charge in [0.05, 0.1) is 5.75 Å². The van der Waals surface area contributed by atoms with E-state index in [0.29, 0.717) is 6.54 Å². The quantitative estimate of drug-likeness (QED) is 0.850. The van der Waals surface area contributed by atoms with E-state index in [2.05, 4.69) is 4.72 Å². The fourth-order valence-electron chi connectivity index (χ4n) is 2.33. The van der Waals surface area contributed by atoms with Crippen LogP contribution < -0.4 is 10.5 Å². The Kier molecular flexibility index (Phi) is 4.37. The van der Waals surface area contributed by atoms with Crippen LogP contribution in [0.1, 0.15) is 36.8 Å². The molecule has 1 fully saturated rings. The summed E-state index contributed by atoms with van der Waals surface area (Å²) >= 11 is 0. The second kappa shape index (κ2) is 5.82. The monoisotopic (exact) mass is 268 g/mol. The number of hydrogen-bond donors (Lipinski definition) is 2. The molecule has 0 amide bonds. The number of hydrogen-bond acceptors (Lipinski definition) is 3. The SMILES string of the molecule is NCc1ccc(CS(=O)(=O)NC2CCCC2)cc1. The van der Waals surface area contributed by atoms with E-state index in [9.17, 15) is 8.42 Å². The molecule has 0 saturated heterocycles. The highest BCUT2D eigenvalue weighted by Crippen LogP contribution is 2.19. The van der Waals surface area contributed by atoms with Gasteiger partial charge in [0.15, 0.2) is 0 Å². The molecule has 3 N–H and O–H groups in total. The molecule has 0 aromatic heterocycles. The van der Waals surface area contributed by atoms with Crippen LogP contribution in [0.4, 0.5) is 0 Å². The third kappa shape index (κ3) is 3.80. The van der Waals surface area contributed by atoms with Crippen LogP contribution in [0.25, 0.3) is 0 Å².